The number of aryl methyl sites for hydroxylation is 2. The third-order valence-electron chi connectivity index (χ3n) is 2.63. The number of hydrogen-bond acceptors (Lipinski definition) is 2. The number of hydrogen-bond donors (Lipinski definition) is 1. The van der Waals surface area contributed by atoms with Crippen LogP contribution in [0.1, 0.15) is 36.6 Å². The first-order valence-corrected chi connectivity index (χ1v) is 4.55. The molecule has 0 saturated carbocycles. The van der Waals surface area contributed by atoms with Gasteiger partial charge < -0.3 is 5.73 Å². The highest BCUT2D eigenvalue weighted by Gasteiger charge is 2.18. The van der Waals surface area contributed by atoms with E-state index in [-0.39, 0.29) is 30.9 Å². The van der Waals surface area contributed by atoms with E-state index < -0.39 is 0 Å². The normalized spacial score (nSPS) is 20.0. The molecule has 0 spiro atoms. The Labute approximate surface area is 96.9 Å². The van der Waals surface area contributed by atoms with Crippen LogP contribution in [0.5, 0.6) is 0 Å². The van der Waals surface area contributed by atoms with E-state index in [1.54, 1.807) is 0 Å². The Morgan fingerprint density at radius 1 is 1.43 bits per heavy atom. The average molecular weight is 238 g/mol. The second-order valence-electron chi connectivity index (χ2n) is 3.53. The first-order valence-electron chi connectivity index (χ1n) is 4.55. The summed E-state index contributed by atoms with van der Waals surface area (Å²) >= 11 is 0. The van der Waals surface area contributed by atoms with E-state index in [0.717, 1.165) is 12.8 Å². The van der Waals surface area contributed by atoms with Crippen molar-refractivity contribution in [3.63, 3.8) is 0 Å². The zero-order chi connectivity index (χ0) is 8.55. The van der Waals surface area contributed by atoms with Gasteiger partial charge in [0.1, 0.15) is 0 Å². The summed E-state index contributed by atoms with van der Waals surface area (Å²) < 4.78 is 1.92. The number of fused-ring (bicyclic) bond motifs is 1. The molecule has 82 valence electrons. The number of rotatable bonds is 0. The summed E-state index contributed by atoms with van der Waals surface area (Å²) in [6.45, 7) is 0. The Morgan fingerprint density at radius 3 is 2.86 bits per heavy atom. The van der Waals surface area contributed by atoms with E-state index in [0.29, 0.717) is 0 Å². The van der Waals surface area contributed by atoms with Gasteiger partial charge in [-0.15, -0.1) is 24.8 Å². The van der Waals surface area contributed by atoms with Gasteiger partial charge in [0.2, 0.25) is 0 Å². The smallest absolute Gasteiger partial charge is 0.0580 e. The van der Waals surface area contributed by atoms with Crippen molar-refractivity contribution in [1.82, 2.24) is 9.78 Å². The van der Waals surface area contributed by atoms with Crippen molar-refractivity contribution in [3.05, 3.63) is 17.5 Å². The maximum atomic E-state index is 6.03. The molecule has 0 saturated heterocycles. The van der Waals surface area contributed by atoms with Crippen molar-refractivity contribution in [2.24, 2.45) is 12.8 Å². The van der Waals surface area contributed by atoms with Gasteiger partial charge in [-0.25, -0.2) is 0 Å². The Bertz CT molecular complexity index is 286. The number of aromatic nitrogens is 2. The number of nitrogens with zero attached hydrogens (tertiary/aromatic N) is 2. The van der Waals surface area contributed by atoms with E-state index in [1.807, 2.05) is 17.9 Å². The molecule has 1 aromatic rings. The maximum absolute atomic E-state index is 6.03. The second kappa shape index (κ2) is 5.59. The van der Waals surface area contributed by atoms with Gasteiger partial charge in [-0.3, -0.25) is 4.68 Å². The van der Waals surface area contributed by atoms with Gasteiger partial charge in [0.05, 0.1) is 11.9 Å². The highest BCUT2D eigenvalue weighted by molar-refractivity contribution is 5.85. The van der Waals surface area contributed by atoms with Crippen molar-refractivity contribution in [3.8, 4) is 0 Å². The summed E-state index contributed by atoms with van der Waals surface area (Å²) in [5.74, 6) is 0. The molecular formula is C9H17Cl2N3. The van der Waals surface area contributed by atoms with Crippen LogP contribution in [0, 0.1) is 0 Å². The summed E-state index contributed by atoms with van der Waals surface area (Å²) in [7, 11) is 1.98. The molecule has 2 rings (SSSR count). The summed E-state index contributed by atoms with van der Waals surface area (Å²) in [5, 5.41) is 4.23. The van der Waals surface area contributed by atoms with Gasteiger partial charge in [-0.2, -0.15) is 5.10 Å². The molecular weight excluding hydrogens is 221 g/mol. The van der Waals surface area contributed by atoms with Crippen molar-refractivity contribution in [2.75, 3.05) is 0 Å². The lowest BCUT2D eigenvalue weighted by molar-refractivity contribution is 0.566. The van der Waals surface area contributed by atoms with Gasteiger partial charge in [0, 0.05) is 13.1 Å². The maximum Gasteiger partial charge on any atom is 0.0580 e. The third kappa shape index (κ3) is 2.41. The first kappa shape index (κ1) is 13.8. The monoisotopic (exact) mass is 237 g/mol. The summed E-state index contributed by atoms with van der Waals surface area (Å²) in [4.78, 5) is 0. The lowest BCUT2D eigenvalue weighted by Crippen LogP contribution is -2.14. The van der Waals surface area contributed by atoms with Crippen LogP contribution in [0.15, 0.2) is 6.20 Å². The molecule has 0 amide bonds. The van der Waals surface area contributed by atoms with Gasteiger partial charge in [-0.1, -0.05) is 6.42 Å². The molecule has 0 radical (unpaired) electrons. The van der Waals surface area contributed by atoms with Crippen molar-refractivity contribution in [2.45, 2.75) is 31.7 Å². The van der Waals surface area contributed by atoms with E-state index in [1.165, 1.54) is 24.1 Å². The van der Waals surface area contributed by atoms with Crippen LogP contribution in [0.4, 0.5) is 0 Å². The molecule has 3 nitrogen and oxygen atoms in total. The zero-order valence-electron chi connectivity index (χ0n) is 8.27. The molecule has 0 aromatic carbocycles. The zero-order valence-corrected chi connectivity index (χ0v) is 9.90. The van der Waals surface area contributed by atoms with Crippen LogP contribution in [0.2, 0.25) is 0 Å². The van der Waals surface area contributed by atoms with E-state index in [9.17, 15) is 0 Å². The molecule has 1 aliphatic rings. The average Bonchev–Trinajstić information content (AvgIpc) is 2.29. The molecule has 1 aromatic heterocycles. The molecule has 1 heterocycles. The minimum absolute atomic E-state index is 0. The Kier molecular flexibility index (Phi) is 5.49. The lowest BCUT2D eigenvalue weighted by atomic mass is 10.1. The van der Waals surface area contributed by atoms with Crippen LogP contribution in [-0.4, -0.2) is 9.78 Å². The summed E-state index contributed by atoms with van der Waals surface area (Å²) in [6, 6.07) is 0.204. The fourth-order valence-corrected chi connectivity index (χ4v) is 1.98. The summed E-state index contributed by atoms with van der Waals surface area (Å²) in [6.07, 6.45) is 6.71. The van der Waals surface area contributed by atoms with Gasteiger partial charge >= 0.3 is 0 Å². The minimum atomic E-state index is 0. The highest BCUT2D eigenvalue weighted by Crippen LogP contribution is 2.25. The molecule has 5 heteroatoms. The molecule has 0 aliphatic heterocycles. The van der Waals surface area contributed by atoms with Gasteiger partial charge in [0.25, 0.3) is 0 Å². The highest BCUT2D eigenvalue weighted by atomic mass is 35.5. The van der Waals surface area contributed by atoms with Crippen LogP contribution in [0.25, 0.3) is 0 Å². The van der Waals surface area contributed by atoms with Crippen LogP contribution < -0.4 is 5.73 Å². The third-order valence-corrected chi connectivity index (χ3v) is 2.63. The predicted molar refractivity (Wildman–Crippen MR) is 62.2 cm³/mol. The Morgan fingerprint density at radius 2 is 2.14 bits per heavy atom. The van der Waals surface area contributed by atoms with Gasteiger partial charge in [-0.05, 0) is 24.8 Å². The molecule has 0 fully saturated rings. The fourth-order valence-electron chi connectivity index (χ4n) is 1.98. The number of nitrogens with two attached hydrogens (primary N) is 1. The van der Waals surface area contributed by atoms with E-state index in [2.05, 4.69) is 5.10 Å². The van der Waals surface area contributed by atoms with E-state index >= 15 is 0 Å². The minimum Gasteiger partial charge on any atom is -0.323 e. The summed E-state index contributed by atoms with van der Waals surface area (Å²) in [5.41, 5.74) is 8.62. The van der Waals surface area contributed by atoms with Crippen molar-refractivity contribution >= 4 is 24.8 Å². The fraction of sp³-hybridized carbons (Fsp3) is 0.667. The molecule has 1 atom stereocenters. The molecule has 2 N–H and O–H groups in total. The van der Waals surface area contributed by atoms with Gasteiger partial charge in [0.15, 0.2) is 0 Å². The first-order chi connectivity index (χ1) is 5.79. The standard InChI is InChI=1S/C9H15N3.2ClH/c1-12-9-7(6-11-12)4-2-3-5-8(9)10;;/h6,8H,2-5,10H2,1H3;2*1H. The molecule has 14 heavy (non-hydrogen) atoms. The quantitative estimate of drug-likeness (QED) is 0.702. The largest absolute Gasteiger partial charge is 0.323 e. The molecule has 0 bridgehead atoms. The molecule has 1 unspecified atom stereocenters. The number of halogens is 2. The van der Waals surface area contributed by atoms with Crippen molar-refractivity contribution in [1.29, 1.82) is 0 Å². The van der Waals surface area contributed by atoms with Crippen LogP contribution >= 0.6 is 24.8 Å². The van der Waals surface area contributed by atoms with Crippen molar-refractivity contribution < 1.29 is 0 Å². The van der Waals surface area contributed by atoms with Crippen LogP contribution in [0.3, 0.4) is 0 Å². The van der Waals surface area contributed by atoms with Crippen LogP contribution in [-0.2, 0) is 13.5 Å². The second-order valence-corrected chi connectivity index (χ2v) is 3.53. The molecule has 1 aliphatic carbocycles. The Hall–Kier alpha value is -0.250. The Balaban J connectivity index is 0.000000845. The van der Waals surface area contributed by atoms with E-state index in [4.69, 9.17) is 5.73 Å². The lowest BCUT2D eigenvalue weighted by Gasteiger charge is -2.10. The predicted octanol–water partition coefficient (Wildman–Crippen LogP) is 1.99. The topological polar surface area (TPSA) is 43.8 Å². The SMILES string of the molecule is Cl.Cl.Cn1ncc2c1C(N)CCCC2.